The summed E-state index contributed by atoms with van der Waals surface area (Å²) in [6.45, 7) is 3.02. The fraction of sp³-hybridized carbons (Fsp3) is 0.400. The molecule has 0 aliphatic carbocycles. The molecule has 0 amide bonds. The number of allylic oxidation sites excluding steroid dienone is 1. The van der Waals surface area contributed by atoms with Crippen LogP contribution in [0.3, 0.4) is 0 Å². The lowest BCUT2D eigenvalue weighted by Gasteiger charge is -2.39. The predicted octanol–water partition coefficient (Wildman–Crippen LogP) is 1.55. The number of phenolic OH excluding ortho intramolecular Hbond substituents is 1. The van der Waals surface area contributed by atoms with Gasteiger partial charge in [0, 0.05) is 11.6 Å². The van der Waals surface area contributed by atoms with Crippen molar-refractivity contribution >= 4 is 11.9 Å². The second-order valence-electron chi connectivity index (χ2n) is 8.42. The molecule has 0 aromatic heterocycles. The number of hydrogen-bond acceptors (Lipinski definition) is 11. The molecule has 5 atom stereocenters. The van der Waals surface area contributed by atoms with Crippen LogP contribution >= 0.6 is 0 Å². The third-order valence-electron chi connectivity index (χ3n) is 6.16. The first-order chi connectivity index (χ1) is 17.1. The van der Waals surface area contributed by atoms with Gasteiger partial charge in [-0.25, -0.2) is 0 Å². The van der Waals surface area contributed by atoms with E-state index in [4.69, 9.17) is 28.4 Å². The molecular weight excluding hydrogens is 476 g/mol. The molecule has 1 fully saturated rings. The molecule has 0 bridgehead atoms. The van der Waals surface area contributed by atoms with Crippen LogP contribution in [-0.4, -0.2) is 78.2 Å². The SMILES string of the molecule is COc1cc(C=C2Oc3cc(O)c(C)c(OC4OC(C)C(O)C(O)C4O)c3C2=O)cc(OC)c1OC. The Balaban J connectivity index is 1.72. The Hall–Kier alpha value is -3.51. The number of aliphatic hydroxyl groups is 3. The fourth-order valence-corrected chi connectivity index (χ4v) is 4.11. The summed E-state index contributed by atoms with van der Waals surface area (Å²) in [4.78, 5) is 13.4. The molecule has 2 aromatic carbocycles. The van der Waals surface area contributed by atoms with Gasteiger partial charge in [0.15, 0.2) is 17.3 Å². The molecule has 2 aromatic rings. The first-order valence-electron chi connectivity index (χ1n) is 11.1. The minimum Gasteiger partial charge on any atom is -0.507 e. The number of fused-ring (bicyclic) bond motifs is 1. The molecule has 1 saturated heterocycles. The molecule has 36 heavy (non-hydrogen) atoms. The van der Waals surface area contributed by atoms with Crippen molar-refractivity contribution in [2.45, 2.75) is 44.6 Å². The van der Waals surface area contributed by atoms with Crippen molar-refractivity contribution in [3.8, 4) is 34.5 Å². The zero-order chi connectivity index (χ0) is 26.3. The molecule has 5 unspecified atom stereocenters. The summed E-state index contributed by atoms with van der Waals surface area (Å²) in [6.07, 6.45) is -5.28. The first kappa shape index (κ1) is 25.6. The van der Waals surface area contributed by atoms with Gasteiger partial charge in [0.05, 0.1) is 27.4 Å². The van der Waals surface area contributed by atoms with Gasteiger partial charge in [-0.3, -0.25) is 4.79 Å². The Morgan fingerprint density at radius 1 is 0.917 bits per heavy atom. The molecule has 2 aliphatic heterocycles. The highest BCUT2D eigenvalue weighted by atomic mass is 16.7. The van der Waals surface area contributed by atoms with Crippen LogP contribution in [0.2, 0.25) is 0 Å². The second-order valence-corrected chi connectivity index (χ2v) is 8.42. The zero-order valence-corrected chi connectivity index (χ0v) is 20.3. The highest BCUT2D eigenvalue weighted by Gasteiger charge is 2.44. The number of carbonyl (C=O) groups excluding carboxylic acids is 1. The number of Topliss-reactive ketones (excluding diaryl/α,β-unsaturated/α-hetero) is 1. The van der Waals surface area contributed by atoms with Gasteiger partial charge < -0.3 is 48.8 Å². The molecule has 4 N–H and O–H groups in total. The van der Waals surface area contributed by atoms with Gasteiger partial charge in [0.25, 0.3) is 0 Å². The van der Waals surface area contributed by atoms with E-state index in [1.54, 1.807) is 12.1 Å². The van der Waals surface area contributed by atoms with Gasteiger partial charge >= 0.3 is 0 Å². The fourth-order valence-electron chi connectivity index (χ4n) is 4.11. The summed E-state index contributed by atoms with van der Waals surface area (Å²) in [5, 5.41) is 40.9. The van der Waals surface area contributed by atoms with Gasteiger partial charge in [-0.05, 0) is 37.6 Å². The number of ketones is 1. The van der Waals surface area contributed by atoms with Crippen molar-refractivity contribution in [3.63, 3.8) is 0 Å². The smallest absolute Gasteiger partial charge is 0.235 e. The second kappa shape index (κ2) is 9.86. The summed E-state index contributed by atoms with van der Waals surface area (Å²) in [6, 6.07) is 4.55. The van der Waals surface area contributed by atoms with Gasteiger partial charge in [-0.15, -0.1) is 0 Å². The van der Waals surface area contributed by atoms with Crippen molar-refractivity contribution < 1.29 is 53.6 Å². The van der Waals surface area contributed by atoms with E-state index in [9.17, 15) is 25.2 Å². The summed E-state index contributed by atoms with van der Waals surface area (Å²) in [5.74, 6) is 0.264. The summed E-state index contributed by atoms with van der Waals surface area (Å²) < 4.78 is 33.1. The van der Waals surface area contributed by atoms with E-state index in [1.807, 2.05) is 0 Å². The lowest BCUT2D eigenvalue weighted by Crippen LogP contribution is -2.58. The first-order valence-corrected chi connectivity index (χ1v) is 11.1. The Morgan fingerprint density at radius 2 is 1.56 bits per heavy atom. The number of aromatic hydroxyl groups is 1. The van der Waals surface area contributed by atoms with Crippen LogP contribution in [0, 0.1) is 6.92 Å². The maximum absolute atomic E-state index is 13.4. The summed E-state index contributed by atoms with van der Waals surface area (Å²) in [5.41, 5.74) is 0.720. The molecule has 0 radical (unpaired) electrons. The maximum atomic E-state index is 13.4. The number of aliphatic hydroxyl groups excluding tert-OH is 3. The van der Waals surface area contributed by atoms with Gasteiger partial charge in [-0.2, -0.15) is 0 Å². The number of phenols is 1. The average Bonchev–Trinajstić information content (AvgIpc) is 3.16. The van der Waals surface area contributed by atoms with Crippen LogP contribution in [0.15, 0.2) is 24.0 Å². The van der Waals surface area contributed by atoms with E-state index in [0.29, 0.717) is 22.8 Å². The quantitative estimate of drug-likeness (QED) is 0.424. The molecule has 4 rings (SSSR count). The van der Waals surface area contributed by atoms with E-state index >= 15 is 0 Å². The van der Waals surface area contributed by atoms with E-state index in [2.05, 4.69) is 0 Å². The largest absolute Gasteiger partial charge is 0.507 e. The van der Waals surface area contributed by atoms with E-state index in [-0.39, 0.29) is 34.1 Å². The topological polar surface area (TPSA) is 153 Å². The number of hydrogen-bond donors (Lipinski definition) is 4. The Morgan fingerprint density at radius 3 is 2.14 bits per heavy atom. The van der Waals surface area contributed by atoms with Crippen LogP contribution in [0.1, 0.15) is 28.4 Å². The van der Waals surface area contributed by atoms with Crippen LogP contribution in [0.4, 0.5) is 0 Å². The normalized spacial score (nSPS) is 26.4. The minimum absolute atomic E-state index is 0.00746. The van der Waals surface area contributed by atoms with Gasteiger partial charge in [-0.1, -0.05) is 0 Å². The molecule has 11 nitrogen and oxygen atoms in total. The number of ether oxygens (including phenoxy) is 6. The molecular formula is C25H28O11. The van der Waals surface area contributed by atoms with Crippen LogP contribution < -0.4 is 23.7 Å². The standard InChI is InChI=1S/C25H28O11/c1-10-13(26)9-14-18(23(10)36-25-22(30)21(29)19(27)11(2)34-25)20(28)15(35-14)6-12-7-16(31-3)24(33-5)17(8-12)32-4/h6-9,11,19,21-22,25-27,29-30H,1-5H3. The van der Waals surface area contributed by atoms with Crippen molar-refractivity contribution in [2.75, 3.05) is 21.3 Å². The van der Waals surface area contributed by atoms with Gasteiger partial charge in [0.2, 0.25) is 17.8 Å². The Kier molecular flexibility index (Phi) is 7.01. The lowest BCUT2D eigenvalue weighted by molar-refractivity contribution is -0.268. The molecule has 11 heteroatoms. The predicted molar refractivity (Wildman–Crippen MR) is 125 cm³/mol. The van der Waals surface area contributed by atoms with Crippen molar-refractivity contribution in [1.29, 1.82) is 0 Å². The average molecular weight is 504 g/mol. The van der Waals surface area contributed by atoms with Gasteiger partial charge in [0.1, 0.15) is 41.1 Å². The van der Waals surface area contributed by atoms with E-state index in [0.717, 1.165) is 0 Å². The highest BCUT2D eigenvalue weighted by Crippen LogP contribution is 2.46. The number of methoxy groups -OCH3 is 3. The van der Waals surface area contributed by atoms with E-state index < -0.39 is 36.5 Å². The van der Waals surface area contributed by atoms with Crippen LogP contribution in [-0.2, 0) is 4.74 Å². The Labute approximate surface area is 207 Å². The third kappa shape index (κ3) is 4.30. The summed E-state index contributed by atoms with van der Waals surface area (Å²) in [7, 11) is 4.41. The third-order valence-corrected chi connectivity index (χ3v) is 6.16. The van der Waals surface area contributed by atoms with E-state index in [1.165, 1.54) is 47.3 Å². The number of benzene rings is 2. The molecule has 2 heterocycles. The number of carbonyl (C=O) groups is 1. The zero-order valence-electron chi connectivity index (χ0n) is 20.3. The minimum atomic E-state index is -1.61. The lowest BCUT2D eigenvalue weighted by atomic mass is 9.99. The molecule has 0 spiro atoms. The number of rotatable bonds is 6. The van der Waals surface area contributed by atoms with Crippen molar-refractivity contribution in [2.24, 2.45) is 0 Å². The monoisotopic (exact) mass is 504 g/mol. The van der Waals surface area contributed by atoms with Crippen LogP contribution in [0.25, 0.3) is 6.08 Å². The highest BCUT2D eigenvalue weighted by molar-refractivity contribution is 6.16. The maximum Gasteiger partial charge on any atom is 0.235 e. The van der Waals surface area contributed by atoms with Crippen molar-refractivity contribution in [3.05, 3.63) is 40.6 Å². The molecule has 194 valence electrons. The van der Waals surface area contributed by atoms with Crippen LogP contribution in [0.5, 0.6) is 34.5 Å². The van der Waals surface area contributed by atoms with Crippen molar-refractivity contribution in [1.82, 2.24) is 0 Å². The molecule has 2 aliphatic rings. The Bertz CT molecular complexity index is 1180. The summed E-state index contributed by atoms with van der Waals surface area (Å²) >= 11 is 0. The molecule has 0 saturated carbocycles.